The van der Waals surface area contributed by atoms with E-state index in [4.69, 9.17) is 0 Å². The highest BCUT2D eigenvalue weighted by atomic mass is 16.1. The van der Waals surface area contributed by atoms with Crippen molar-refractivity contribution in [1.82, 2.24) is 20.4 Å². The smallest absolute Gasteiger partial charge is 0.220 e. The van der Waals surface area contributed by atoms with Crippen LogP contribution in [-0.2, 0) is 11.3 Å². The summed E-state index contributed by atoms with van der Waals surface area (Å²) >= 11 is 0. The number of aromatic amines is 1. The summed E-state index contributed by atoms with van der Waals surface area (Å²) < 4.78 is 0. The molecular formula is C18H28N4O. The number of aromatic nitrogens is 2. The Balaban J connectivity index is 1.36. The maximum Gasteiger partial charge on any atom is 0.220 e. The van der Waals surface area contributed by atoms with Gasteiger partial charge in [-0.15, -0.1) is 0 Å². The molecule has 5 heteroatoms. The highest BCUT2D eigenvalue weighted by Gasteiger charge is 2.40. The topological polar surface area (TPSA) is 61.0 Å². The number of piperidine rings is 1. The van der Waals surface area contributed by atoms with Gasteiger partial charge in [-0.1, -0.05) is 19.3 Å². The summed E-state index contributed by atoms with van der Waals surface area (Å²) in [6, 6.07) is 0. The molecule has 126 valence electrons. The highest BCUT2D eigenvalue weighted by molar-refractivity contribution is 5.79. The van der Waals surface area contributed by atoms with Crippen LogP contribution in [0.15, 0.2) is 6.20 Å². The molecule has 1 aromatic rings. The zero-order valence-corrected chi connectivity index (χ0v) is 13.9. The molecular weight excluding hydrogens is 288 g/mol. The van der Waals surface area contributed by atoms with Crippen LogP contribution in [0.1, 0.15) is 68.5 Å². The Morgan fingerprint density at radius 3 is 2.70 bits per heavy atom. The molecule has 0 aromatic carbocycles. The summed E-state index contributed by atoms with van der Waals surface area (Å²) in [6.45, 7) is 4.10. The van der Waals surface area contributed by atoms with Gasteiger partial charge in [0.15, 0.2) is 0 Å². The number of likely N-dealkylation sites (tertiary alicyclic amines) is 1. The summed E-state index contributed by atoms with van der Waals surface area (Å²) in [6.07, 6.45) is 11.8. The predicted molar refractivity (Wildman–Crippen MR) is 89.0 cm³/mol. The van der Waals surface area contributed by atoms with Crippen molar-refractivity contribution in [3.8, 4) is 0 Å². The second-order valence-electron chi connectivity index (χ2n) is 7.87. The normalized spacial score (nSPS) is 25.8. The molecule has 1 aromatic heterocycles. The molecule has 2 aliphatic heterocycles. The van der Waals surface area contributed by atoms with E-state index in [0.29, 0.717) is 5.92 Å². The van der Waals surface area contributed by atoms with Crippen molar-refractivity contribution >= 4 is 5.91 Å². The van der Waals surface area contributed by atoms with Gasteiger partial charge in [-0.3, -0.25) is 14.8 Å². The molecule has 3 fully saturated rings. The van der Waals surface area contributed by atoms with Crippen molar-refractivity contribution in [2.45, 2.75) is 63.8 Å². The first kappa shape index (κ1) is 15.2. The number of hydrogen-bond donors (Lipinski definition) is 2. The monoisotopic (exact) mass is 316 g/mol. The van der Waals surface area contributed by atoms with Crippen LogP contribution in [-0.4, -0.2) is 40.6 Å². The second kappa shape index (κ2) is 6.27. The van der Waals surface area contributed by atoms with Gasteiger partial charge >= 0.3 is 0 Å². The van der Waals surface area contributed by atoms with E-state index in [1.807, 2.05) is 6.20 Å². The van der Waals surface area contributed by atoms with Crippen LogP contribution in [0.5, 0.6) is 0 Å². The van der Waals surface area contributed by atoms with E-state index in [-0.39, 0.29) is 11.3 Å². The van der Waals surface area contributed by atoms with E-state index >= 15 is 0 Å². The number of rotatable bonds is 3. The molecule has 5 nitrogen and oxygen atoms in total. The van der Waals surface area contributed by atoms with Crippen LogP contribution < -0.4 is 5.32 Å². The summed E-state index contributed by atoms with van der Waals surface area (Å²) in [4.78, 5) is 14.1. The first-order chi connectivity index (χ1) is 11.2. The molecule has 1 aliphatic carbocycles. The minimum Gasteiger partial charge on any atom is -0.356 e. The second-order valence-corrected chi connectivity index (χ2v) is 7.87. The number of amides is 1. The fraction of sp³-hybridized carbons (Fsp3) is 0.778. The molecule has 1 saturated carbocycles. The van der Waals surface area contributed by atoms with Gasteiger partial charge in [0.1, 0.15) is 0 Å². The number of nitrogens with zero attached hydrogens (tertiary/aromatic N) is 2. The van der Waals surface area contributed by atoms with Crippen molar-refractivity contribution in [3.63, 3.8) is 0 Å². The van der Waals surface area contributed by atoms with Gasteiger partial charge in [0.05, 0.1) is 6.20 Å². The van der Waals surface area contributed by atoms with Gasteiger partial charge in [-0.25, -0.2) is 0 Å². The van der Waals surface area contributed by atoms with E-state index in [9.17, 15) is 4.79 Å². The summed E-state index contributed by atoms with van der Waals surface area (Å²) in [5, 5.41) is 10.6. The highest BCUT2D eigenvalue weighted by Crippen LogP contribution is 2.38. The summed E-state index contributed by atoms with van der Waals surface area (Å²) in [5.74, 6) is 0.932. The molecule has 4 rings (SSSR count). The molecule has 23 heavy (non-hydrogen) atoms. The number of carbonyl (C=O) groups excluding carboxylic acids is 1. The maximum atomic E-state index is 11.5. The minimum atomic E-state index is 0.243. The first-order valence-corrected chi connectivity index (χ1v) is 9.25. The Labute approximate surface area is 138 Å². The minimum absolute atomic E-state index is 0.243. The standard InChI is InChI=1S/C18H28N4O/c23-16-10-18(13-19-16)6-8-22(9-7-18)12-15-11-20-21-17(15)14-4-2-1-3-5-14/h11,14H,1-10,12-13H2,(H,19,23)(H,20,21). The van der Waals surface area contributed by atoms with E-state index < -0.39 is 0 Å². The maximum absolute atomic E-state index is 11.5. The first-order valence-electron chi connectivity index (χ1n) is 9.25. The fourth-order valence-corrected chi connectivity index (χ4v) is 4.72. The molecule has 2 saturated heterocycles. The number of H-pyrrole nitrogens is 1. The average Bonchev–Trinajstić information content (AvgIpc) is 3.18. The zero-order valence-electron chi connectivity index (χ0n) is 13.9. The number of carbonyl (C=O) groups is 1. The molecule has 2 N–H and O–H groups in total. The third-order valence-corrected chi connectivity index (χ3v) is 6.27. The molecule has 0 radical (unpaired) electrons. The van der Waals surface area contributed by atoms with Gasteiger partial charge in [-0.2, -0.15) is 5.10 Å². The van der Waals surface area contributed by atoms with Gasteiger partial charge in [0, 0.05) is 36.7 Å². The van der Waals surface area contributed by atoms with Crippen LogP contribution in [0.3, 0.4) is 0 Å². The van der Waals surface area contributed by atoms with Crippen molar-refractivity contribution in [3.05, 3.63) is 17.5 Å². The molecule has 1 amide bonds. The molecule has 1 spiro atoms. The lowest BCUT2D eigenvalue weighted by Gasteiger charge is -2.38. The van der Waals surface area contributed by atoms with Gasteiger partial charge in [0.2, 0.25) is 5.91 Å². The lowest BCUT2D eigenvalue weighted by Crippen LogP contribution is -2.40. The molecule has 0 atom stereocenters. The molecule has 0 unspecified atom stereocenters. The summed E-state index contributed by atoms with van der Waals surface area (Å²) in [7, 11) is 0. The van der Waals surface area contributed by atoms with Gasteiger partial charge in [0.25, 0.3) is 0 Å². The third kappa shape index (κ3) is 3.16. The molecule has 3 aliphatic rings. The van der Waals surface area contributed by atoms with Crippen LogP contribution in [0.2, 0.25) is 0 Å². The Hall–Kier alpha value is -1.36. The number of nitrogens with one attached hydrogen (secondary N) is 2. The molecule has 3 heterocycles. The van der Waals surface area contributed by atoms with E-state index in [1.165, 1.54) is 43.4 Å². The SMILES string of the molecule is O=C1CC2(CCN(Cc3cn[nH]c3C3CCCCC3)CC2)CN1. The fourth-order valence-electron chi connectivity index (χ4n) is 4.72. The number of hydrogen-bond acceptors (Lipinski definition) is 3. The Kier molecular flexibility index (Phi) is 4.14. The van der Waals surface area contributed by atoms with Gasteiger partial charge < -0.3 is 5.32 Å². The zero-order chi connectivity index (χ0) is 15.7. The Morgan fingerprint density at radius 1 is 1.22 bits per heavy atom. The predicted octanol–water partition coefficient (Wildman–Crippen LogP) is 2.56. The van der Waals surface area contributed by atoms with Crippen molar-refractivity contribution < 1.29 is 4.79 Å². The van der Waals surface area contributed by atoms with Crippen molar-refractivity contribution in [1.29, 1.82) is 0 Å². The lowest BCUT2D eigenvalue weighted by molar-refractivity contribution is -0.119. The van der Waals surface area contributed by atoms with Crippen LogP contribution in [0.4, 0.5) is 0 Å². The molecule has 0 bridgehead atoms. The van der Waals surface area contributed by atoms with Crippen LogP contribution >= 0.6 is 0 Å². The van der Waals surface area contributed by atoms with E-state index in [0.717, 1.165) is 45.4 Å². The Morgan fingerprint density at radius 2 is 2.00 bits per heavy atom. The quantitative estimate of drug-likeness (QED) is 0.901. The van der Waals surface area contributed by atoms with Gasteiger partial charge in [-0.05, 0) is 44.2 Å². The lowest BCUT2D eigenvalue weighted by atomic mass is 9.77. The third-order valence-electron chi connectivity index (χ3n) is 6.27. The Bertz CT molecular complexity index is 553. The van der Waals surface area contributed by atoms with Crippen LogP contribution in [0.25, 0.3) is 0 Å². The van der Waals surface area contributed by atoms with Crippen LogP contribution in [0, 0.1) is 5.41 Å². The largest absolute Gasteiger partial charge is 0.356 e. The van der Waals surface area contributed by atoms with Crippen molar-refractivity contribution in [2.24, 2.45) is 5.41 Å². The summed E-state index contributed by atoms with van der Waals surface area (Å²) in [5.41, 5.74) is 3.03. The van der Waals surface area contributed by atoms with Crippen molar-refractivity contribution in [2.75, 3.05) is 19.6 Å². The van der Waals surface area contributed by atoms with E-state index in [1.54, 1.807) is 0 Å². The average molecular weight is 316 g/mol. The van der Waals surface area contributed by atoms with E-state index in [2.05, 4.69) is 20.4 Å².